The summed E-state index contributed by atoms with van der Waals surface area (Å²) in [6, 6.07) is 14.2. The second-order valence-corrected chi connectivity index (χ2v) is 11.0. The zero-order chi connectivity index (χ0) is 30.8. The fourth-order valence-corrected chi connectivity index (χ4v) is 5.62. The molecule has 43 heavy (non-hydrogen) atoms. The van der Waals surface area contributed by atoms with Crippen LogP contribution >= 0.6 is 0 Å². The number of pyridine rings is 1. The van der Waals surface area contributed by atoms with E-state index < -0.39 is 0 Å². The number of aryl methyl sites for hydroxylation is 2. The lowest BCUT2D eigenvalue weighted by atomic mass is 9.95. The van der Waals surface area contributed by atoms with Gasteiger partial charge in [0, 0.05) is 68.1 Å². The van der Waals surface area contributed by atoms with Crippen molar-refractivity contribution in [1.29, 1.82) is 0 Å². The van der Waals surface area contributed by atoms with Crippen molar-refractivity contribution >= 4 is 11.6 Å². The SMILES string of the molecule is CCN(c1cc(-c2ccc(OCCOCCCO)cc2)cc(C(=O)NCc2c(C)cc(C)[nH]c2=O)c1C)C1CCOCC1. The molecular formula is C34H45N3O6. The van der Waals surface area contributed by atoms with Crippen molar-refractivity contribution in [2.45, 2.75) is 59.5 Å². The first-order chi connectivity index (χ1) is 20.8. The first-order valence-corrected chi connectivity index (χ1v) is 15.2. The van der Waals surface area contributed by atoms with Crippen molar-refractivity contribution < 1.29 is 24.1 Å². The second-order valence-electron chi connectivity index (χ2n) is 11.0. The average molecular weight is 592 g/mol. The number of anilines is 1. The number of hydrogen-bond donors (Lipinski definition) is 3. The average Bonchev–Trinajstić information content (AvgIpc) is 3.00. The summed E-state index contributed by atoms with van der Waals surface area (Å²) in [4.78, 5) is 31.5. The van der Waals surface area contributed by atoms with Crippen molar-refractivity contribution in [3.8, 4) is 16.9 Å². The molecule has 0 radical (unpaired) electrons. The summed E-state index contributed by atoms with van der Waals surface area (Å²) in [5, 5.41) is 11.9. The van der Waals surface area contributed by atoms with Crippen molar-refractivity contribution in [3.63, 3.8) is 0 Å². The number of benzene rings is 2. The molecule has 3 aromatic rings. The molecule has 0 saturated carbocycles. The normalized spacial score (nSPS) is 13.6. The molecule has 0 atom stereocenters. The standard InChI is InChI=1S/C34H45N3O6/c1-5-37(28-11-15-42-16-12-28)32-21-27(26-7-9-29(10-8-26)43-18-17-41-14-6-13-38)20-30(25(32)4)33(39)35-22-31-23(2)19-24(3)36-34(31)40/h7-10,19-21,28,38H,5-6,11-18,22H2,1-4H3,(H,35,39)(H,36,40). The fourth-order valence-electron chi connectivity index (χ4n) is 5.62. The maximum Gasteiger partial charge on any atom is 0.253 e. The number of aliphatic hydroxyl groups excluding tert-OH is 1. The van der Waals surface area contributed by atoms with Gasteiger partial charge in [-0.05, 0) is 99.5 Å². The highest BCUT2D eigenvalue weighted by atomic mass is 16.5. The molecular weight excluding hydrogens is 546 g/mol. The molecule has 232 valence electrons. The Hall–Kier alpha value is -3.66. The minimum atomic E-state index is -0.218. The van der Waals surface area contributed by atoms with E-state index in [2.05, 4.69) is 28.2 Å². The molecule has 3 N–H and O–H groups in total. The lowest BCUT2D eigenvalue weighted by Gasteiger charge is -2.37. The lowest BCUT2D eigenvalue weighted by molar-refractivity contribution is 0.0846. The molecule has 9 heteroatoms. The molecule has 2 heterocycles. The van der Waals surface area contributed by atoms with Gasteiger partial charge in [0.25, 0.3) is 11.5 Å². The molecule has 0 aliphatic carbocycles. The van der Waals surface area contributed by atoms with Crippen molar-refractivity contribution in [3.05, 3.63) is 80.8 Å². The van der Waals surface area contributed by atoms with Crippen LogP contribution in [0.25, 0.3) is 11.1 Å². The number of rotatable bonds is 14. The number of aromatic nitrogens is 1. The maximum atomic E-state index is 13.7. The van der Waals surface area contributed by atoms with Crippen LogP contribution in [0.5, 0.6) is 5.75 Å². The Balaban J connectivity index is 1.61. The smallest absolute Gasteiger partial charge is 0.253 e. The van der Waals surface area contributed by atoms with E-state index in [9.17, 15) is 9.59 Å². The number of ether oxygens (including phenoxy) is 3. The molecule has 0 unspecified atom stereocenters. The van der Waals surface area contributed by atoms with Crippen LogP contribution in [-0.2, 0) is 16.0 Å². The van der Waals surface area contributed by atoms with E-state index in [1.54, 1.807) is 0 Å². The molecule has 1 aromatic heterocycles. The Morgan fingerprint density at radius 3 is 2.47 bits per heavy atom. The van der Waals surface area contributed by atoms with Gasteiger partial charge in [-0.3, -0.25) is 9.59 Å². The fraction of sp³-hybridized carbons (Fsp3) is 0.471. The Kier molecular flexibility index (Phi) is 11.8. The third-order valence-corrected chi connectivity index (χ3v) is 7.96. The van der Waals surface area contributed by atoms with E-state index in [-0.39, 0.29) is 24.6 Å². The first kappa shape index (κ1) is 32.3. The summed E-state index contributed by atoms with van der Waals surface area (Å²) in [5.41, 5.74) is 6.44. The summed E-state index contributed by atoms with van der Waals surface area (Å²) in [5.74, 6) is 0.514. The summed E-state index contributed by atoms with van der Waals surface area (Å²) >= 11 is 0. The molecule has 1 saturated heterocycles. The molecule has 2 aromatic carbocycles. The quantitative estimate of drug-likeness (QED) is 0.233. The van der Waals surface area contributed by atoms with Crippen LogP contribution in [0.2, 0.25) is 0 Å². The van der Waals surface area contributed by atoms with Gasteiger partial charge in [-0.15, -0.1) is 0 Å². The molecule has 1 amide bonds. The van der Waals surface area contributed by atoms with Gasteiger partial charge in [0.2, 0.25) is 0 Å². The van der Waals surface area contributed by atoms with Gasteiger partial charge in [0.05, 0.1) is 6.61 Å². The monoisotopic (exact) mass is 591 g/mol. The van der Waals surface area contributed by atoms with E-state index in [1.165, 1.54) is 0 Å². The minimum absolute atomic E-state index is 0.115. The lowest BCUT2D eigenvalue weighted by Crippen LogP contribution is -2.40. The number of carbonyl (C=O) groups is 1. The number of H-pyrrole nitrogens is 1. The van der Waals surface area contributed by atoms with Gasteiger partial charge < -0.3 is 34.5 Å². The Morgan fingerprint density at radius 2 is 1.79 bits per heavy atom. The summed E-state index contributed by atoms with van der Waals surface area (Å²) in [6.45, 7) is 11.8. The molecule has 0 bridgehead atoms. The van der Waals surface area contributed by atoms with Crippen LogP contribution in [0.15, 0.2) is 47.3 Å². The van der Waals surface area contributed by atoms with Crippen LogP contribution < -0.4 is 20.5 Å². The van der Waals surface area contributed by atoms with Crippen LogP contribution in [0.4, 0.5) is 5.69 Å². The van der Waals surface area contributed by atoms with E-state index in [0.717, 1.165) is 72.0 Å². The molecule has 1 aliphatic heterocycles. The zero-order valence-electron chi connectivity index (χ0n) is 25.8. The molecule has 0 spiro atoms. The number of carbonyl (C=O) groups excluding carboxylic acids is 1. The van der Waals surface area contributed by atoms with Crippen LogP contribution in [0.1, 0.15) is 58.9 Å². The molecule has 9 nitrogen and oxygen atoms in total. The van der Waals surface area contributed by atoms with Gasteiger partial charge in [-0.25, -0.2) is 0 Å². The summed E-state index contributed by atoms with van der Waals surface area (Å²) < 4.78 is 16.9. The third kappa shape index (κ3) is 8.46. The van der Waals surface area contributed by atoms with Crippen LogP contribution in [0.3, 0.4) is 0 Å². The highest BCUT2D eigenvalue weighted by Gasteiger charge is 2.25. The van der Waals surface area contributed by atoms with Gasteiger partial charge >= 0.3 is 0 Å². The topological polar surface area (TPSA) is 113 Å². The minimum Gasteiger partial charge on any atom is -0.491 e. The maximum absolute atomic E-state index is 13.7. The number of amides is 1. The second kappa shape index (κ2) is 15.7. The van der Waals surface area contributed by atoms with E-state index in [0.29, 0.717) is 43.4 Å². The van der Waals surface area contributed by atoms with Gasteiger partial charge in [-0.1, -0.05) is 12.1 Å². The van der Waals surface area contributed by atoms with Crippen LogP contribution in [-0.4, -0.2) is 68.2 Å². The Bertz CT molecular complexity index is 1410. The third-order valence-electron chi connectivity index (χ3n) is 7.96. The van der Waals surface area contributed by atoms with E-state index >= 15 is 0 Å². The van der Waals surface area contributed by atoms with Crippen LogP contribution in [0, 0.1) is 20.8 Å². The van der Waals surface area contributed by atoms with Crippen molar-refractivity contribution in [2.75, 3.05) is 51.1 Å². The molecule has 1 fully saturated rings. The molecule has 1 aliphatic rings. The molecule has 4 rings (SSSR count). The number of hydrogen-bond acceptors (Lipinski definition) is 7. The number of aromatic amines is 1. The largest absolute Gasteiger partial charge is 0.491 e. The number of nitrogens with zero attached hydrogens (tertiary/aromatic N) is 1. The number of nitrogens with one attached hydrogen (secondary N) is 2. The summed E-state index contributed by atoms with van der Waals surface area (Å²) in [7, 11) is 0. The predicted octanol–water partition coefficient (Wildman–Crippen LogP) is 4.68. The van der Waals surface area contributed by atoms with Gasteiger partial charge in [-0.2, -0.15) is 0 Å². The van der Waals surface area contributed by atoms with E-state index in [1.807, 2.05) is 57.2 Å². The van der Waals surface area contributed by atoms with E-state index in [4.69, 9.17) is 19.3 Å². The van der Waals surface area contributed by atoms with Crippen molar-refractivity contribution in [2.24, 2.45) is 0 Å². The number of aliphatic hydroxyl groups is 1. The Morgan fingerprint density at radius 1 is 1.05 bits per heavy atom. The highest BCUT2D eigenvalue weighted by Crippen LogP contribution is 2.34. The van der Waals surface area contributed by atoms with Gasteiger partial charge in [0.1, 0.15) is 12.4 Å². The van der Waals surface area contributed by atoms with Gasteiger partial charge in [0.15, 0.2) is 0 Å². The predicted molar refractivity (Wildman–Crippen MR) is 169 cm³/mol. The summed E-state index contributed by atoms with van der Waals surface area (Å²) in [6.07, 6.45) is 2.48. The van der Waals surface area contributed by atoms with Crippen molar-refractivity contribution in [1.82, 2.24) is 10.3 Å². The Labute approximate surface area is 254 Å². The first-order valence-electron chi connectivity index (χ1n) is 15.2. The zero-order valence-corrected chi connectivity index (χ0v) is 25.8. The highest BCUT2D eigenvalue weighted by molar-refractivity contribution is 5.99.